The Balaban J connectivity index is 2.51. The molecular weight excluding hydrogens is 277 g/mol. The maximum absolute atomic E-state index is 12.8. The molecule has 0 bridgehead atoms. The van der Waals surface area contributed by atoms with Crippen molar-refractivity contribution in [1.29, 1.82) is 0 Å². The molecule has 0 radical (unpaired) electrons. The summed E-state index contributed by atoms with van der Waals surface area (Å²) in [6.07, 6.45) is -0.848. The third-order valence-electron chi connectivity index (χ3n) is 2.71. The molecule has 0 aliphatic heterocycles. The summed E-state index contributed by atoms with van der Waals surface area (Å²) in [7, 11) is 0. The van der Waals surface area contributed by atoms with Crippen molar-refractivity contribution in [3.8, 4) is 0 Å². The Morgan fingerprint density at radius 1 is 1.35 bits per heavy atom. The quantitative estimate of drug-likeness (QED) is 0.879. The van der Waals surface area contributed by atoms with Crippen molar-refractivity contribution in [3.05, 3.63) is 35.6 Å². The zero-order chi connectivity index (χ0) is 15.3. The summed E-state index contributed by atoms with van der Waals surface area (Å²) in [6, 6.07) is 5.21. The van der Waals surface area contributed by atoms with Crippen molar-refractivity contribution in [3.63, 3.8) is 0 Å². The molecule has 0 saturated heterocycles. The second kappa shape index (κ2) is 7.09. The summed E-state index contributed by atoms with van der Waals surface area (Å²) < 4.78 is 12.8. The van der Waals surface area contributed by atoms with Crippen LogP contribution in [0.5, 0.6) is 0 Å². The van der Waals surface area contributed by atoms with Gasteiger partial charge in [0.15, 0.2) is 0 Å². The van der Waals surface area contributed by atoms with Crippen molar-refractivity contribution in [2.75, 3.05) is 5.75 Å². The number of carbonyl (C=O) groups excluding carboxylic acids is 1. The van der Waals surface area contributed by atoms with Crippen LogP contribution >= 0.6 is 11.8 Å². The lowest BCUT2D eigenvalue weighted by atomic mass is 10.0. The minimum absolute atomic E-state index is 0.0240. The maximum Gasteiger partial charge on any atom is 0.230 e. The third kappa shape index (κ3) is 5.92. The van der Waals surface area contributed by atoms with Gasteiger partial charge in [0.1, 0.15) is 5.82 Å². The Morgan fingerprint density at radius 3 is 2.40 bits per heavy atom. The van der Waals surface area contributed by atoms with Gasteiger partial charge in [0.05, 0.1) is 17.9 Å². The molecule has 1 amide bonds. The lowest BCUT2D eigenvalue weighted by molar-refractivity contribution is -0.119. The summed E-state index contributed by atoms with van der Waals surface area (Å²) in [4.78, 5) is 11.8. The monoisotopic (exact) mass is 299 g/mol. The number of rotatable bonds is 5. The predicted molar refractivity (Wildman–Crippen MR) is 81.2 cm³/mol. The molecule has 1 aromatic carbocycles. The van der Waals surface area contributed by atoms with E-state index < -0.39 is 12.1 Å². The molecule has 0 aromatic heterocycles. The fourth-order valence-electron chi connectivity index (χ4n) is 1.61. The molecule has 112 valence electrons. The largest absolute Gasteiger partial charge is 0.386 e. The van der Waals surface area contributed by atoms with Crippen LogP contribution in [0.3, 0.4) is 0 Å². The second-order valence-corrected chi connectivity index (χ2v) is 7.56. The first-order chi connectivity index (χ1) is 9.19. The highest BCUT2D eigenvalue weighted by atomic mass is 32.2. The fraction of sp³-hybridized carbons (Fsp3) is 0.533. The van der Waals surface area contributed by atoms with Crippen molar-refractivity contribution in [1.82, 2.24) is 5.32 Å². The highest BCUT2D eigenvalue weighted by Gasteiger charge is 2.20. The van der Waals surface area contributed by atoms with Gasteiger partial charge in [0.25, 0.3) is 0 Å². The van der Waals surface area contributed by atoms with E-state index in [1.807, 2.05) is 20.8 Å². The lowest BCUT2D eigenvalue weighted by Gasteiger charge is -2.22. The Labute approximate surface area is 124 Å². The number of halogens is 1. The van der Waals surface area contributed by atoms with Gasteiger partial charge in [-0.1, -0.05) is 32.9 Å². The van der Waals surface area contributed by atoms with E-state index >= 15 is 0 Å². The number of amides is 1. The van der Waals surface area contributed by atoms with E-state index in [1.165, 1.54) is 24.3 Å². The van der Waals surface area contributed by atoms with E-state index in [4.69, 9.17) is 0 Å². The Bertz CT molecular complexity index is 442. The van der Waals surface area contributed by atoms with Crippen LogP contribution in [0, 0.1) is 5.82 Å². The maximum atomic E-state index is 12.8. The molecule has 0 heterocycles. The molecule has 0 aliphatic carbocycles. The summed E-state index contributed by atoms with van der Waals surface area (Å²) in [5, 5.41) is 12.9. The number of aliphatic hydroxyl groups excluding tert-OH is 1. The molecule has 0 unspecified atom stereocenters. The van der Waals surface area contributed by atoms with Crippen LogP contribution in [0.4, 0.5) is 4.39 Å². The molecule has 0 aliphatic rings. The van der Waals surface area contributed by atoms with Crippen LogP contribution in [0.2, 0.25) is 0 Å². The lowest BCUT2D eigenvalue weighted by Crippen LogP contribution is -2.38. The van der Waals surface area contributed by atoms with E-state index in [-0.39, 0.29) is 16.5 Å². The zero-order valence-electron chi connectivity index (χ0n) is 12.3. The van der Waals surface area contributed by atoms with Gasteiger partial charge in [-0.15, -0.1) is 11.8 Å². The van der Waals surface area contributed by atoms with E-state index in [1.54, 1.807) is 18.7 Å². The van der Waals surface area contributed by atoms with Gasteiger partial charge in [0, 0.05) is 4.75 Å². The normalized spacial score (nSPS) is 14.7. The number of carbonyl (C=O) groups is 1. The fourth-order valence-corrected chi connectivity index (χ4v) is 2.25. The molecule has 20 heavy (non-hydrogen) atoms. The minimum Gasteiger partial charge on any atom is -0.386 e. The first-order valence-corrected chi connectivity index (χ1v) is 7.54. The van der Waals surface area contributed by atoms with Crippen molar-refractivity contribution in [2.24, 2.45) is 0 Å². The van der Waals surface area contributed by atoms with Crippen molar-refractivity contribution >= 4 is 17.7 Å². The number of hydrogen-bond acceptors (Lipinski definition) is 3. The van der Waals surface area contributed by atoms with Gasteiger partial charge in [-0.3, -0.25) is 4.79 Å². The summed E-state index contributed by atoms with van der Waals surface area (Å²) in [5.41, 5.74) is 0.586. The van der Waals surface area contributed by atoms with Gasteiger partial charge >= 0.3 is 0 Å². The van der Waals surface area contributed by atoms with E-state index in [2.05, 4.69) is 5.32 Å². The number of hydrogen-bond donors (Lipinski definition) is 2. The molecule has 3 nitrogen and oxygen atoms in total. The number of thioether (sulfide) groups is 1. The molecule has 0 spiro atoms. The van der Waals surface area contributed by atoms with Crippen LogP contribution < -0.4 is 5.32 Å². The van der Waals surface area contributed by atoms with Gasteiger partial charge in [-0.05, 0) is 24.6 Å². The van der Waals surface area contributed by atoms with Crippen molar-refractivity contribution < 1.29 is 14.3 Å². The standard InChI is InChI=1S/C15H22FNO2S/c1-10(17-13(18)9-20-15(2,3)4)14(19)11-5-7-12(16)8-6-11/h5-8,10,14,19H,9H2,1-4H3,(H,17,18)/t10-,14-/m0/s1. The van der Waals surface area contributed by atoms with Gasteiger partial charge in [-0.25, -0.2) is 4.39 Å². The Kier molecular flexibility index (Phi) is 6.02. The summed E-state index contributed by atoms with van der Waals surface area (Å²) in [5.74, 6) is -0.109. The topological polar surface area (TPSA) is 49.3 Å². The van der Waals surface area contributed by atoms with Gasteiger partial charge in [-0.2, -0.15) is 0 Å². The Morgan fingerprint density at radius 2 is 1.90 bits per heavy atom. The third-order valence-corrected chi connectivity index (χ3v) is 3.98. The molecule has 1 rings (SSSR count). The Hall–Kier alpha value is -1.07. The van der Waals surface area contributed by atoms with Crippen LogP contribution in [0.25, 0.3) is 0 Å². The van der Waals surface area contributed by atoms with Crippen LogP contribution in [0.1, 0.15) is 39.4 Å². The summed E-state index contributed by atoms with van der Waals surface area (Å²) >= 11 is 1.55. The number of nitrogens with one attached hydrogen (secondary N) is 1. The van der Waals surface area contributed by atoms with Crippen LogP contribution in [-0.2, 0) is 4.79 Å². The smallest absolute Gasteiger partial charge is 0.230 e. The van der Waals surface area contributed by atoms with E-state index in [9.17, 15) is 14.3 Å². The number of benzene rings is 1. The average Bonchev–Trinajstić information content (AvgIpc) is 2.35. The highest BCUT2D eigenvalue weighted by molar-refractivity contribution is 8.01. The molecule has 5 heteroatoms. The molecule has 1 aromatic rings. The minimum atomic E-state index is -0.848. The molecule has 2 atom stereocenters. The molecule has 0 fully saturated rings. The zero-order valence-corrected chi connectivity index (χ0v) is 13.1. The first kappa shape index (κ1) is 17.0. The number of aliphatic hydroxyl groups is 1. The van der Waals surface area contributed by atoms with Gasteiger partial charge < -0.3 is 10.4 Å². The molecular formula is C15H22FNO2S. The average molecular weight is 299 g/mol. The van der Waals surface area contributed by atoms with Crippen LogP contribution in [-0.4, -0.2) is 27.6 Å². The highest BCUT2D eigenvalue weighted by Crippen LogP contribution is 2.23. The molecule has 2 N–H and O–H groups in total. The van der Waals surface area contributed by atoms with Crippen LogP contribution in [0.15, 0.2) is 24.3 Å². The second-order valence-electron chi connectivity index (χ2n) is 5.75. The van der Waals surface area contributed by atoms with Crippen molar-refractivity contribution in [2.45, 2.75) is 44.6 Å². The SMILES string of the molecule is C[C@H](NC(=O)CSC(C)(C)C)[C@H](O)c1ccc(F)cc1. The van der Waals surface area contributed by atoms with E-state index in [0.29, 0.717) is 11.3 Å². The predicted octanol–water partition coefficient (Wildman–Crippen LogP) is 2.90. The van der Waals surface area contributed by atoms with Gasteiger partial charge in [0.2, 0.25) is 5.91 Å². The molecule has 0 saturated carbocycles. The van der Waals surface area contributed by atoms with E-state index in [0.717, 1.165) is 0 Å². The summed E-state index contributed by atoms with van der Waals surface area (Å²) in [6.45, 7) is 7.86. The first-order valence-electron chi connectivity index (χ1n) is 6.56.